The highest BCUT2D eigenvalue weighted by molar-refractivity contribution is 9.10. The Morgan fingerprint density at radius 1 is 1.29 bits per heavy atom. The second kappa shape index (κ2) is 8.17. The van der Waals surface area contributed by atoms with Crippen LogP contribution in [-0.4, -0.2) is 18.5 Å². The lowest BCUT2D eigenvalue weighted by Gasteiger charge is -2.15. The number of carbonyl (C=O) groups excluding carboxylic acids is 2. The first-order valence-corrected chi connectivity index (χ1v) is 8.31. The van der Waals surface area contributed by atoms with Crippen LogP contribution < -0.4 is 11.1 Å². The first kappa shape index (κ1) is 18.3. The first-order chi connectivity index (χ1) is 11.4. The van der Waals surface area contributed by atoms with Crippen molar-refractivity contribution >= 4 is 45.1 Å². The van der Waals surface area contributed by atoms with Gasteiger partial charge in [-0.3, -0.25) is 4.79 Å². The second-order valence-electron chi connectivity index (χ2n) is 5.15. The maximum absolute atomic E-state index is 12.0. The zero-order chi connectivity index (χ0) is 17.7. The monoisotopic (exact) mass is 410 g/mol. The Labute approximate surface area is 153 Å². The Hall–Kier alpha value is -2.05. The Bertz CT molecular complexity index is 767. The molecule has 0 saturated carbocycles. The SMILES string of the molecule is C[C@H](NC(=O)COC(=O)c1cc(Br)ccc1N)c1cccc(Cl)c1. The van der Waals surface area contributed by atoms with E-state index < -0.39 is 18.5 Å². The van der Waals surface area contributed by atoms with Crippen molar-refractivity contribution in [2.75, 3.05) is 12.3 Å². The summed E-state index contributed by atoms with van der Waals surface area (Å²) in [4.78, 5) is 23.9. The van der Waals surface area contributed by atoms with Crippen LogP contribution in [0, 0.1) is 0 Å². The van der Waals surface area contributed by atoms with Gasteiger partial charge in [0.05, 0.1) is 11.6 Å². The lowest BCUT2D eigenvalue weighted by molar-refractivity contribution is -0.124. The zero-order valence-electron chi connectivity index (χ0n) is 12.9. The van der Waals surface area contributed by atoms with E-state index in [0.717, 1.165) is 5.56 Å². The summed E-state index contributed by atoms with van der Waals surface area (Å²) in [5.74, 6) is -1.07. The molecule has 0 radical (unpaired) electrons. The topological polar surface area (TPSA) is 81.4 Å². The first-order valence-electron chi connectivity index (χ1n) is 7.14. The third kappa shape index (κ3) is 4.97. The maximum atomic E-state index is 12.0. The normalized spacial score (nSPS) is 11.6. The molecule has 0 bridgehead atoms. The van der Waals surface area contributed by atoms with Crippen LogP contribution in [0.15, 0.2) is 46.9 Å². The largest absolute Gasteiger partial charge is 0.452 e. The predicted molar refractivity (Wildman–Crippen MR) is 96.8 cm³/mol. The van der Waals surface area contributed by atoms with E-state index in [4.69, 9.17) is 22.1 Å². The number of hydrogen-bond acceptors (Lipinski definition) is 4. The van der Waals surface area contributed by atoms with Crippen molar-refractivity contribution in [3.05, 3.63) is 63.1 Å². The molecular weight excluding hydrogens is 396 g/mol. The van der Waals surface area contributed by atoms with Crippen LogP contribution in [0.2, 0.25) is 5.02 Å². The number of rotatable bonds is 5. The molecule has 3 N–H and O–H groups in total. The number of carbonyl (C=O) groups is 2. The molecule has 2 rings (SSSR count). The van der Waals surface area contributed by atoms with Gasteiger partial charge in [0.25, 0.3) is 5.91 Å². The molecule has 24 heavy (non-hydrogen) atoms. The number of ether oxygens (including phenoxy) is 1. The van der Waals surface area contributed by atoms with Crippen molar-refractivity contribution in [1.82, 2.24) is 5.32 Å². The van der Waals surface area contributed by atoms with E-state index in [-0.39, 0.29) is 17.3 Å². The number of nitrogens with two attached hydrogens (primary N) is 1. The predicted octanol–water partition coefficient (Wildman–Crippen LogP) is 3.72. The van der Waals surface area contributed by atoms with Gasteiger partial charge < -0.3 is 15.8 Å². The number of esters is 1. The van der Waals surface area contributed by atoms with Gasteiger partial charge in [-0.15, -0.1) is 0 Å². The fourth-order valence-corrected chi connectivity index (χ4v) is 2.62. The molecule has 0 aliphatic rings. The number of benzene rings is 2. The van der Waals surface area contributed by atoms with Gasteiger partial charge in [0.2, 0.25) is 0 Å². The number of nitrogens with one attached hydrogen (secondary N) is 1. The van der Waals surface area contributed by atoms with Crippen LogP contribution in [0.3, 0.4) is 0 Å². The van der Waals surface area contributed by atoms with Crippen molar-refractivity contribution in [3.63, 3.8) is 0 Å². The number of hydrogen-bond donors (Lipinski definition) is 2. The molecule has 0 fully saturated rings. The minimum atomic E-state index is -0.653. The molecule has 0 aliphatic carbocycles. The van der Waals surface area contributed by atoms with E-state index in [9.17, 15) is 9.59 Å². The summed E-state index contributed by atoms with van der Waals surface area (Å²) in [6.45, 7) is 1.42. The quantitative estimate of drug-likeness (QED) is 0.580. The molecule has 5 nitrogen and oxygen atoms in total. The summed E-state index contributed by atoms with van der Waals surface area (Å²) in [6, 6.07) is 11.8. The number of anilines is 1. The van der Waals surface area contributed by atoms with Crippen LogP contribution in [0.4, 0.5) is 5.69 Å². The van der Waals surface area contributed by atoms with Gasteiger partial charge in [-0.25, -0.2) is 4.79 Å². The summed E-state index contributed by atoms with van der Waals surface area (Å²) in [7, 11) is 0. The zero-order valence-corrected chi connectivity index (χ0v) is 15.2. The molecule has 2 aromatic rings. The van der Waals surface area contributed by atoms with Crippen molar-refractivity contribution in [3.8, 4) is 0 Å². The Balaban J connectivity index is 1.91. The van der Waals surface area contributed by atoms with Crippen molar-refractivity contribution < 1.29 is 14.3 Å². The smallest absolute Gasteiger partial charge is 0.340 e. The molecule has 0 aliphatic heterocycles. The van der Waals surface area contributed by atoms with Crippen molar-refractivity contribution in [1.29, 1.82) is 0 Å². The maximum Gasteiger partial charge on any atom is 0.340 e. The van der Waals surface area contributed by atoms with E-state index in [1.807, 2.05) is 13.0 Å². The molecule has 0 aromatic heterocycles. The number of halogens is 2. The van der Waals surface area contributed by atoms with Gasteiger partial charge in [-0.1, -0.05) is 39.7 Å². The Kier molecular flexibility index (Phi) is 6.23. The van der Waals surface area contributed by atoms with Gasteiger partial charge >= 0.3 is 5.97 Å². The fourth-order valence-electron chi connectivity index (χ4n) is 2.06. The van der Waals surface area contributed by atoms with Gasteiger partial charge in [0, 0.05) is 15.2 Å². The van der Waals surface area contributed by atoms with Crippen molar-refractivity contribution in [2.24, 2.45) is 0 Å². The van der Waals surface area contributed by atoms with Gasteiger partial charge in [0.15, 0.2) is 6.61 Å². The third-order valence-corrected chi connectivity index (χ3v) is 4.02. The lowest BCUT2D eigenvalue weighted by atomic mass is 10.1. The molecule has 2 aromatic carbocycles. The summed E-state index contributed by atoms with van der Waals surface area (Å²) in [5, 5.41) is 3.33. The number of nitrogen functional groups attached to an aromatic ring is 1. The fraction of sp³-hybridized carbons (Fsp3) is 0.176. The van der Waals surface area contributed by atoms with Crippen molar-refractivity contribution in [2.45, 2.75) is 13.0 Å². The van der Waals surface area contributed by atoms with Gasteiger partial charge in [-0.05, 0) is 42.8 Å². The van der Waals surface area contributed by atoms with Crippen LogP contribution in [0.25, 0.3) is 0 Å². The highest BCUT2D eigenvalue weighted by Crippen LogP contribution is 2.19. The van der Waals surface area contributed by atoms with Crippen LogP contribution in [0.1, 0.15) is 28.9 Å². The molecule has 0 unspecified atom stereocenters. The van der Waals surface area contributed by atoms with Crippen LogP contribution in [0.5, 0.6) is 0 Å². The summed E-state index contributed by atoms with van der Waals surface area (Å²) >= 11 is 9.18. The highest BCUT2D eigenvalue weighted by atomic mass is 79.9. The molecule has 1 amide bonds. The molecule has 0 heterocycles. The Morgan fingerprint density at radius 2 is 2.04 bits per heavy atom. The van der Waals surface area contributed by atoms with Crippen LogP contribution >= 0.6 is 27.5 Å². The van der Waals surface area contributed by atoms with Gasteiger partial charge in [0.1, 0.15) is 0 Å². The summed E-state index contributed by atoms with van der Waals surface area (Å²) in [5.41, 5.74) is 7.09. The minimum absolute atomic E-state index is 0.208. The molecule has 7 heteroatoms. The lowest BCUT2D eigenvalue weighted by Crippen LogP contribution is -2.31. The summed E-state index contributed by atoms with van der Waals surface area (Å²) < 4.78 is 5.71. The molecule has 1 atom stereocenters. The molecule has 0 saturated heterocycles. The second-order valence-corrected chi connectivity index (χ2v) is 6.50. The third-order valence-electron chi connectivity index (χ3n) is 3.30. The van der Waals surface area contributed by atoms with E-state index in [1.54, 1.807) is 36.4 Å². The molecule has 126 valence electrons. The molecular formula is C17H16BrClN2O3. The Morgan fingerprint density at radius 3 is 2.75 bits per heavy atom. The van der Waals surface area contributed by atoms with E-state index >= 15 is 0 Å². The van der Waals surface area contributed by atoms with E-state index in [0.29, 0.717) is 9.50 Å². The highest BCUT2D eigenvalue weighted by Gasteiger charge is 2.15. The summed E-state index contributed by atoms with van der Waals surface area (Å²) in [6.07, 6.45) is 0. The van der Waals surface area contributed by atoms with E-state index in [1.165, 1.54) is 0 Å². The average Bonchev–Trinajstić information content (AvgIpc) is 2.54. The minimum Gasteiger partial charge on any atom is -0.452 e. The van der Waals surface area contributed by atoms with E-state index in [2.05, 4.69) is 21.2 Å². The molecule has 0 spiro atoms. The standard InChI is InChI=1S/C17H16BrClN2O3/c1-10(11-3-2-4-13(19)7-11)21-16(22)9-24-17(23)14-8-12(18)5-6-15(14)20/h2-8,10H,9,20H2,1H3,(H,21,22)/t10-/m0/s1. The number of amides is 1. The van der Waals surface area contributed by atoms with Gasteiger partial charge in [-0.2, -0.15) is 0 Å². The average molecular weight is 412 g/mol. The van der Waals surface area contributed by atoms with Crippen LogP contribution in [-0.2, 0) is 9.53 Å².